The summed E-state index contributed by atoms with van der Waals surface area (Å²) in [4.78, 5) is 17.6. The Morgan fingerprint density at radius 1 is 1.06 bits per heavy atom. The summed E-state index contributed by atoms with van der Waals surface area (Å²) >= 11 is 0. The van der Waals surface area contributed by atoms with Crippen LogP contribution in [0.2, 0.25) is 0 Å². The van der Waals surface area contributed by atoms with Gasteiger partial charge < -0.3 is 15.4 Å². The Labute approximate surface area is 192 Å². The van der Waals surface area contributed by atoms with E-state index < -0.39 is 11.9 Å². The van der Waals surface area contributed by atoms with E-state index in [1.165, 1.54) is 18.2 Å². The summed E-state index contributed by atoms with van der Waals surface area (Å²) in [7, 11) is 0. The van der Waals surface area contributed by atoms with Crippen LogP contribution in [0.4, 0.5) is 8.78 Å². The number of nitrogens with one attached hydrogen (secondary N) is 2. The van der Waals surface area contributed by atoms with Crippen LogP contribution in [0.15, 0.2) is 66.9 Å². The van der Waals surface area contributed by atoms with Crippen molar-refractivity contribution in [3.63, 3.8) is 0 Å². The van der Waals surface area contributed by atoms with Crippen LogP contribution in [-0.2, 0) is 4.79 Å². The first kappa shape index (κ1) is 22.9. The van der Waals surface area contributed by atoms with Crippen LogP contribution in [0.5, 0.6) is 5.75 Å². The molecular weight excluding hydrogens is 424 g/mol. The molecule has 0 bridgehead atoms. The maximum atomic E-state index is 14.0. The van der Waals surface area contributed by atoms with E-state index in [1.807, 2.05) is 12.1 Å². The molecule has 1 amide bonds. The molecule has 1 saturated heterocycles. The number of carbonyl (C=O) groups excluding carboxylic acids is 1. The number of ether oxygens (including phenoxy) is 1. The first-order valence-corrected chi connectivity index (χ1v) is 11.2. The second-order valence-corrected chi connectivity index (χ2v) is 8.10. The number of nitrogens with zero attached hydrogens (tertiary/aromatic N) is 1. The third-order valence-electron chi connectivity index (χ3n) is 5.85. The van der Waals surface area contributed by atoms with Gasteiger partial charge in [-0.3, -0.25) is 9.78 Å². The molecule has 0 radical (unpaired) electrons. The van der Waals surface area contributed by atoms with Gasteiger partial charge in [0.1, 0.15) is 5.82 Å². The van der Waals surface area contributed by atoms with Crippen molar-refractivity contribution in [3.8, 4) is 16.9 Å². The van der Waals surface area contributed by atoms with E-state index in [1.54, 1.807) is 36.5 Å². The highest BCUT2D eigenvalue weighted by Gasteiger charge is 2.26. The number of piperidine rings is 1. The van der Waals surface area contributed by atoms with Crippen LogP contribution in [0, 0.1) is 17.6 Å². The van der Waals surface area contributed by atoms with E-state index in [2.05, 4.69) is 15.6 Å². The van der Waals surface area contributed by atoms with E-state index >= 15 is 0 Å². The standard InChI is InChI=1S/C26H27F2N3O2/c27-20-9-7-18(8-10-20)21-4-3-14-30-25(21)23(31-26(32)19-11-15-29-16-12-19)13-17-33-24-6-2-1-5-22(24)28/h1-10,14,19,23,29H,11-13,15-17H2,(H,31,32)/t23-/m0/s1. The Kier molecular flexibility index (Phi) is 7.62. The first-order chi connectivity index (χ1) is 16.1. The molecule has 1 aliphatic rings. The SMILES string of the molecule is O=C(N[C@@H](CCOc1ccccc1F)c1ncccc1-c1ccc(F)cc1)C1CCNCC1. The van der Waals surface area contributed by atoms with Gasteiger partial charge >= 0.3 is 0 Å². The molecule has 4 rings (SSSR count). The van der Waals surface area contributed by atoms with Gasteiger partial charge in [0.25, 0.3) is 0 Å². The predicted molar refractivity (Wildman–Crippen MR) is 123 cm³/mol. The molecule has 1 aliphatic heterocycles. The number of amides is 1. The van der Waals surface area contributed by atoms with Gasteiger partial charge in [0.05, 0.1) is 18.3 Å². The Bertz CT molecular complexity index is 1070. The van der Waals surface area contributed by atoms with E-state index in [9.17, 15) is 13.6 Å². The Hall–Kier alpha value is -3.32. The molecule has 1 fully saturated rings. The molecule has 3 aromatic rings. The van der Waals surface area contributed by atoms with Gasteiger partial charge in [-0.1, -0.05) is 30.3 Å². The lowest BCUT2D eigenvalue weighted by Crippen LogP contribution is -2.40. The smallest absolute Gasteiger partial charge is 0.223 e. The molecule has 0 aliphatic carbocycles. The summed E-state index contributed by atoms with van der Waals surface area (Å²) in [5, 5.41) is 6.42. The van der Waals surface area contributed by atoms with E-state index in [0.29, 0.717) is 12.1 Å². The minimum absolute atomic E-state index is 0.0249. The average molecular weight is 452 g/mol. The van der Waals surface area contributed by atoms with Crippen molar-refractivity contribution in [1.29, 1.82) is 0 Å². The van der Waals surface area contributed by atoms with Crippen molar-refractivity contribution < 1.29 is 18.3 Å². The van der Waals surface area contributed by atoms with Crippen LogP contribution < -0.4 is 15.4 Å². The number of benzene rings is 2. The maximum Gasteiger partial charge on any atom is 0.223 e. The molecule has 0 saturated carbocycles. The molecule has 7 heteroatoms. The molecule has 2 aromatic carbocycles. The average Bonchev–Trinajstić information content (AvgIpc) is 2.85. The summed E-state index contributed by atoms with van der Waals surface area (Å²) in [6, 6.07) is 15.7. The fourth-order valence-corrected chi connectivity index (χ4v) is 4.07. The lowest BCUT2D eigenvalue weighted by Gasteiger charge is -2.26. The van der Waals surface area contributed by atoms with E-state index in [-0.39, 0.29) is 30.0 Å². The van der Waals surface area contributed by atoms with Crippen LogP contribution in [0.1, 0.15) is 31.0 Å². The largest absolute Gasteiger partial charge is 0.490 e. The Morgan fingerprint density at radius 2 is 1.82 bits per heavy atom. The van der Waals surface area contributed by atoms with Gasteiger partial charge in [0.2, 0.25) is 5.91 Å². The number of hydrogen-bond donors (Lipinski definition) is 2. The van der Waals surface area contributed by atoms with Crippen molar-refractivity contribution in [2.75, 3.05) is 19.7 Å². The van der Waals surface area contributed by atoms with Crippen LogP contribution in [-0.4, -0.2) is 30.6 Å². The summed E-state index contributed by atoms with van der Waals surface area (Å²) in [6.45, 7) is 1.81. The number of hydrogen-bond acceptors (Lipinski definition) is 4. The predicted octanol–water partition coefficient (Wildman–Crippen LogP) is 4.65. The molecule has 5 nitrogen and oxygen atoms in total. The van der Waals surface area contributed by atoms with Crippen molar-refractivity contribution in [2.24, 2.45) is 5.92 Å². The molecule has 33 heavy (non-hydrogen) atoms. The summed E-state index contributed by atoms with van der Waals surface area (Å²) in [6.07, 6.45) is 3.62. The first-order valence-electron chi connectivity index (χ1n) is 11.2. The van der Waals surface area contributed by atoms with Crippen molar-refractivity contribution in [3.05, 3.63) is 84.2 Å². The molecule has 0 spiro atoms. The number of aromatic nitrogens is 1. The molecular formula is C26H27F2N3O2. The molecule has 1 aromatic heterocycles. The zero-order valence-corrected chi connectivity index (χ0v) is 18.3. The molecule has 172 valence electrons. The van der Waals surface area contributed by atoms with Gasteiger partial charge in [-0.25, -0.2) is 8.78 Å². The lowest BCUT2D eigenvalue weighted by atomic mass is 9.94. The quantitative estimate of drug-likeness (QED) is 0.523. The van der Waals surface area contributed by atoms with E-state index in [0.717, 1.165) is 37.1 Å². The lowest BCUT2D eigenvalue weighted by molar-refractivity contribution is -0.126. The number of rotatable bonds is 8. The normalized spacial score (nSPS) is 15.1. The number of carbonyl (C=O) groups is 1. The van der Waals surface area contributed by atoms with Gasteiger partial charge in [-0.05, 0) is 61.8 Å². The minimum atomic E-state index is -0.444. The Balaban J connectivity index is 1.57. The summed E-state index contributed by atoms with van der Waals surface area (Å²) in [5.74, 6) is -0.682. The molecule has 2 N–H and O–H groups in total. The maximum absolute atomic E-state index is 14.0. The highest BCUT2D eigenvalue weighted by Crippen LogP contribution is 2.29. The Morgan fingerprint density at radius 3 is 2.58 bits per heavy atom. The fraction of sp³-hybridized carbons (Fsp3) is 0.308. The van der Waals surface area contributed by atoms with E-state index in [4.69, 9.17) is 4.74 Å². The van der Waals surface area contributed by atoms with Gasteiger partial charge in [0.15, 0.2) is 11.6 Å². The van der Waals surface area contributed by atoms with Crippen LogP contribution in [0.3, 0.4) is 0 Å². The third-order valence-corrected chi connectivity index (χ3v) is 5.85. The fourth-order valence-electron chi connectivity index (χ4n) is 4.07. The van der Waals surface area contributed by atoms with Crippen molar-refractivity contribution in [2.45, 2.75) is 25.3 Å². The monoisotopic (exact) mass is 451 g/mol. The summed E-state index contributed by atoms with van der Waals surface area (Å²) < 4.78 is 33.1. The second kappa shape index (κ2) is 11.0. The topological polar surface area (TPSA) is 63.2 Å². The van der Waals surface area contributed by atoms with Gasteiger partial charge in [-0.15, -0.1) is 0 Å². The molecule has 2 heterocycles. The molecule has 0 unspecified atom stereocenters. The van der Waals surface area contributed by atoms with Crippen LogP contribution >= 0.6 is 0 Å². The summed E-state index contributed by atoms with van der Waals surface area (Å²) in [5.41, 5.74) is 2.28. The number of halogens is 2. The van der Waals surface area contributed by atoms with Gasteiger partial charge in [0, 0.05) is 24.1 Å². The van der Waals surface area contributed by atoms with Crippen molar-refractivity contribution in [1.82, 2.24) is 15.6 Å². The number of para-hydroxylation sites is 1. The number of pyridine rings is 1. The third kappa shape index (κ3) is 5.93. The van der Waals surface area contributed by atoms with Gasteiger partial charge in [-0.2, -0.15) is 0 Å². The zero-order chi connectivity index (χ0) is 23.0. The minimum Gasteiger partial charge on any atom is -0.490 e. The zero-order valence-electron chi connectivity index (χ0n) is 18.3. The second-order valence-electron chi connectivity index (χ2n) is 8.10. The van der Waals surface area contributed by atoms with Crippen molar-refractivity contribution >= 4 is 5.91 Å². The van der Waals surface area contributed by atoms with Crippen LogP contribution in [0.25, 0.3) is 11.1 Å². The molecule has 1 atom stereocenters. The highest BCUT2D eigenvalue weighted by atomic mass is 19.1. The highest BCUT2D eigenvalue weighted by molar-refractivity contribution is 5.79.